The van der Waals surface area contributed by atoms with Crippen molar-refractivity contribution >= 4 is 17.6 Å². The van der Waals surface area contributed by atoms with Gasteiger partial charge >= 0.3 is 0 Å². The SMILES string of the molecule is O=C(c1noc(CCCc2ccccc2)n1)[C@@H]1CCCN1C(=O)[C@H]1CCCN1C(=O)CCCc1ccccc1. The summed E-state index contributed by atoms with van der Waals surface area (Å²) in [6.07, 6.45) is 7.05. The maximum absolute atomic E-state index is 13.6. The third-order valence-corrected chi connectivity index (χ3v) is 7.78. The van der Waals surface area contributed by atoms with Crippen molar-refractivity contribution in [3.05, 3.63) is 83.5 Å². The number of carbonyl (C=O) groups excluding carboxylic acids is 3. The topological polar surface area (TPSA) is 96.6 Å². The normalized spacial score (nSPS) is 19.0. The van der Waals surface area contributed by atoms with Gasteiger partial charge in [0.15, 0.2) is 0 Å². The number of nitrogens with zero attached hydrogens (tertiary/aromatic N) is 4. The molecule has 39 heavy (non-hydrogen) atoms. The fourth-order valence-corrected chi connectivity index (χ4v) is 5.74. The fourth-order valence-electron chi connectivity index (χ4n) is 5.74. The number of hydrogen-bond donors (Lipinski definition) is 0. The van der Waals surface area contributed by atoms with E-state index in [2.05, 4.69) is 34.4 Å². The number of rotatable bonds is 11. The second-order valence-electron chi connectivity index (χ2n) is 10.5. The van der Waals surface area contributed by atoms with Crippen LogP contribution in [0.25, 0.3) is 0 Å². The summed E-state index contributed by atoms with van der Waals surface area (Å²) < 4.78 is 5.36. The fraction of sp³-hybridized carbons (Fsp3) is 0.452. The average Bonchev–Trinajstić information content (AvgIpc) is 3.75. The number of carbonyl (C=O) groups is 3. The molecule has 0 radical (unpaired) electrons. The van der Waals surface area contributed by atoms with E-state index >= 15 is 0 Å². The molecule has 0 saturated carbocycles. The minimum absolute atomic E-state index is 0.0159. The van der Waals surface area contributed by atoms with Gasteiger partial charge in [0.05, 0.1) is 6.04 Å². The summed E-state index contributed by atoms with van der Waals surface area (Å²) in [6, 6.07) is 19.2. The Hall–Kier alpha value is -3.81. The molecule has 2 aromatic carbocycles. The molecule has 8 nitrogen and oxygen atoms in total. The number of aryl methyl sites for hydroxylation is 3. The van der Waals surface area contributed by atoms with Crippen LogP contribution >= 0.6 is 0 Å². The number of amides is 2. The van der Waals surface area contributed by atoms with Crippen LogP contribution in [-0.4, -0.2) is 62.7 Å². The largest absolute Gasteiger partial charge is 0.339 e. The van der Waals surface area contributed by atoms with Crippen LogP contribution in [0.4, 0.5) is 0 Å². The first-order valence-corrected chi connectivity index (χ1v) is 14.1. The van der Waals surface area contributed by atoms with Crippen LogP contribution in [0, 0.1) is 0 Å². The molecular weight excluding hydrogens is 492 g/mol. The number of aromatic nitrogens is 2. The van der Waals surface area contributed by atoms with Crippen LogP contribution in [0.15, 0.2) is 65.2 Å². The Balaban J connectivity index is 1.15. The summed E-state index contributed by atoms with van der Waals surface area (Å²) in [4.78, 5) is 47.7. The maximum atomic E-state index is 13.6. The Morgan fingerprint density at radius 1 is 0.769 bits per heavy atom. The molecule has 2 aliphatic heterocycles. The standard InChI is InChI=1S/C31H36N4O4/c36-28(20-8-16-24-13-5-2-6-14-24)34-21-10-18-26(34)31(38)35-22-9-17-25(35)29(37)30-32-27(39-33-30)19-7-15-23-11-3-1-4-12-23/h1-6,11-14,25-26H,7-10,15-22H2/t25-,26+/m0/s1. The van der Waals surface area contributed by atoms with Crippen LogP contribution in [-0.2, 0) is 28.9 Å². The second-order valence-corrected chi connectivity index (χ2v) is 10.5. The highest BCUT2D eigenvalue weighted by atomic mass is 16.5. The summed E-state index contributed by atoms with van der Waals surface area (Å²) in [7, 11) is 0. The van der Waals surface area contributed by atoms with Gasteiger partial charge in [0.2, 0.25) is 29.3 Å². The Bertz CT molecular complexity index is 1260. The molecule has 2 fully saturated rings. The van der Waals surface area contributed by atoms with Gasteiger partial charge in [0.25, 0.3) is 0 Å². The molecule has 204 valence electrons. The van der Waals surface area contributed by atoms with Crippen molar-refractivity contribution in [1.82, 2.24) is 19.9 Å². The van der Waals surface area contributed by atoms with E-state index in [4.69, 9.17) is 4.52 Å². The third kappa shape index (κ3) is 6.61. The zero-order valence-electron chi connectivity index (χ0n) is 22.3. The summed E-state index contributed by atoms with van der Waals surface area (Å²) >= 11 is 0. The smallest absolute Gasteiger partial charge is 0.246 e. The molecule has 0 aliphatic carbocycles. The predicted molar refractivity (Wildman–Crippen MR) is 146 cm³/mol. The van der Waals surface area contributed by atoms with Gasteiger partial charge in [-0.3, -0.25) is 14.4 Å². The van der Waals surface area contributed by atoms with Gasteiger partial charge in [-0.2, -0.15) is 4.98 Å². The Morgan fingerprint density at radius 3 is 2.08 bits per heavy atom. The maximum Gasteiger partial charge on any atom is 0.246 e. The number of benzene rings is 2. The number of hydrogen-bond acceptors (Lipinski definition) is 6. The monoisotopic (exact) mass is 528 g/mol. The van der Waals surface area contributed by atoms with Crippen molar-refractivity contribution in [2.45, 2.75) is 76.3 Å². The van der Waals surface area contributed by atoms with Gasteiger partial charge in [-0.25, -0.2) is 0 Å². The van der Waals surface area contributed by atoms with E-state index in [1.165, 1.54) is 11.1 Å². The van der Waals surface area contributed by atoms with Gasteiger partial charge in [-0.05, 0) is 62.5 Å². The lowest BCUT2D eigenvalue weighted by Gasteiger charge is -2.30. The first-order valence-electron chi connectivity index (χ1n) is 14.1. The van der Waals surface area contributed by atoms with Crippen molar-refractivity contribution in [2.75, 3.05) is 13.1 Å². The average molecular weight is 529 g/mol. The molecule has 3 heterocycles. The van der Waals surface area contributed by atoms with Gasteiger partial charge < -0.3 is 14.3 Å². The minimum Gasteiger partial charge on any atom is -0.339 e. The predicted octanol–water partition coefficient (Wildman–Crippen LogP) is 4.43. The Kier molecular flexibility index (Phi) is 8.81. The number of likely N-dealkylation sites (tertiary alicyclic amines) is 2. The molecule has 5 rings (SSSR count). The molecule has 2 atom stereocenters. The van der Waals surface area contributed by atoms with Crippen LogP contribution in [0.3, 0.4) is 0 Å². The van der Waals surface area contributed by atoms with Gasteiger partial charge in [-0.15, -0.1) is 0 Å². The van der Waals surface area contributed by atoms with Crippen molar-refractivity contribution in [3.63, 3.8) is 0 Å². The third-order valence-electron chi connectivity index (χ3n) is 7.78. The van der Waals surface area contributed by atoms with E-state index in [0.29, 0.717) is 44.7 Å². The zero-order valence-corrected chi connectivity index (χ0v) is 22.3. The summed E-state index contributed by atoms with van der Waals surface area (Å²) in [5.41, 5.74) is 2.45. The number of Topliss-reactive ketones (excluding diaryl/α,β-unsaturated/α-hetero) is 1. The molecule has 2 amide bonds. The molecule has 8 heteroatoms. The zero-order chi connectivity index (χ0) is 27.0. The van der Waals surface area contributed by atoms with Gasteiger partial charge in [-0.1, -0.05) is 65.8 Å². The van der Waals surface area contributed by atoms with Crippen molar-refractivity contribution in [3.8, 4) is 0 Å². The van der Waals surface area contributed by atoms with Crippen molar-refractivity contribution in [1.29, 1.82) is 0 Å². The molecule has 2 aliphatic rings. The van der Waals surface area contributed by atoms with Gasteiger partial charge in [0.1, 0.15) is 6.04 Å². The highest BCUT2D eigenvalue weighted by Gasteiger charge is 2.42. The summed E-state index contributed by atoms with van der Waals surface area (Å²) in [6.45, 7) is 1.09. The Labute approximate surface area is 229 Å². The molecule has 0 N–H and O–H groups in total. The summed E-state index contributed by atoms with van der Waals surface area (Å²) in [5.74, 6) is 0.0778. The Morgan fingerprint density at radius 2 is 1.38 bits per heavy atom. The van der Waals surface area contributed by atoms with Crippen LogP contribution in [0.2, 0.25) is 0 Å². The van der Waals surface area contributed by atoms with E-state index in [9.17, 15) is 14.4 Å². The molecule has 1 aromatic heterocycles. The highest BCUT2D eigenvalue weighted by Crippen LogP contribution is 2.27. The van der Waals surface area contributed by atoms with Crippen molar-refractivity contribution < 1.29 is 18.9 Å². The quantitative estimate of drug-likeness (QED) is 0.342. The van der Waals surface area contributed by atoms with Crippen LogP contribution in [0.5, 0.6) is 0 Å². The highest BCUT2D eigenvalue weighted by molar-refractivity contribution is 6.00. The first kappa shape index (κ1) is 26.8. The molecule has 0 bridgehead atoms. The summed E-state index contributed by atoms with van der Waals surface area (Å²) in [5, 5.41) is 3.94. The van der Waals surface area contributed by atoms with Crippen LogP contribution in [0.1, 0.15) is 72.6 Å². The van der Waals surface area contributed by atoms with Gasteiger partial charge in [0, 0.05) is 25.9 Å². The van der Waals surface area contributed by atoms with E-state index in [1.54, 1.807) is 9.80 Å². The lowest BCUT2D eigenvalue weighted by Crippen LogP contribution is -2.51. The van der Waals surface area contributed by atoms with Crippen molar-refractivity contribution in [2.24, 2.45) is 0 Å². The molecular formula is C31H36N4O4. The first-order chi connectivity index (χ1) is 19.1. The lowest BCUT2D eigenvalue weighted by molar-refractivity contribution is -0.144. The molecule has 0 spiro atoms. The second kappa shape index (κ2) is 12.8. The number of ketones is 1. The van der Waals surface area contributed by atoms with E-state index in [0.717, 1.165) is 38.5 Å². The molecule has 3 aromatic rings. The lowest BCUT2D eigenvalue weighted by atomic mass is 10.1. The van der Waals surface area contributed by atoms with Crippen LogP contribution < -0.4 is 0 Å². The van der Waals surface area contributed by atoms with E-state index in [1.807, 2.05) is 36.4 Å². The molecule has 2 saturated heterocycles. The van der Waals surface area contributed by atoms with E-state index in [-0.39, 0.29) is 23.4 Å². The minimum atomic E-state index is -0.608. The van der Waals surface area contributed by atoms with E-state index < -0.39 is 12.1 Å². The molecule has 0 unspecified atom stereocenters.